The third kappa shape index (κ3) is 6.82. The molecule has 0 heterocycles. The number of allylic oxidation sites excluding steroid dienone is 3. The molecule has 0 radical (unpaired) electrons. The highest BCUT2D eigenvalue weighted by atomic mass is 19.2. The number of carbonyl (C=O) groups is 1. The summed E-state index contributed by atoms with van der Waals surface area (Å²) in [6.07, 6.45) is 6.68. The molecule has 2 aliphatic rings. The van der Waals surface area contributed by atoms with Crippen molar-refractivity contribution in [3.63, 3.8) is 0 Å². The molecule has 2 unspecified atom stereocenters. The van der Waals surface area contributed by atoms with Crippen LogP contribution < -0.4 is 4.74 Å². The minimum atomic E-state index is -1.32. The molecule has 0 saturated heterocycles. The molecule has 9 heteroatoms. The zero-order chi connectivity index (χ0) is 32.2. The molecule has 0 amide bonds. The van der Waals surface area contributed by atoms with E-state index in [9.17, 15) is 22.4 Å². The summed E-state index contributed by atoms with van der Waals surface area (Å²) in [7, 11) is 0. The molecule has 5 rings (SSSR count). The Morgan fingerprint density at radius 3 is 1.89 bits per heavy atom. The average molecular weight is 629 g/mol. The van der Waals surface area contributed by atoms with Crippen LogP contribution in [0.15, 0.2) is 48.6 Å². The molecule has 0 N–H and O–H groups in total. The van der Waals surface area contributed by atoms with Crippen molar-refractivity contribution >= 4 is 17.1 Å². The summed E-state index contributed by atoms with van der Waals surface area (Å²) in [5, 5.41) is 0. The molecule has 3 nitrogen and oxygen atoms in total. The maximum Gasteiger partial charge on any atom is 0.309 e. The summed E-state index contributed by atoms with van der Waals surface area (Å²) in [6.45, 7) is 3.63. The third-order valence-corrected chi connectivity index (χ3v) is 8.53. The van der Waals surface area contributed by atoms with Crippen molar-refractivity contribution in [3.05, 3.63) is 100 Å². The summed E-state index contributed by atoms with van der Waals surface area (Å²) < 4.78 is 99.2. The molecular weight excluding hydrogens is 594 g/mol. The second-order valence-electron chi connectivity index (χ2n) is 11.6. The summed E-state index contributed by atoms with van der Waals surface area (Å²) in [4.78, 5) is 12.9. The van der Waals surface area contributed by atoms with E-state index in [1.165, 1.54) is 31.2 Å². The van der Waals surface area contributed by atoms with E-state index in [1.807, 2.05) is 6.92 Å². The van der Waals surface area contributed by atoms with Gasteiger partial charge in [-0.15, -0.1) is 0 Å². The molecule has 0 fully saturated rings. The molecule has 0 aromatic heterocycles. The smallest absolute Gasteiger partial charge is 0.309 e. The Labute approximate surface area is 258 Å². The van der Waals surface area contributed by atoms with E-state index in [-0.39, 0.29) is 41.9 Å². The lowest BCUT2D eigenvalue weighted by Crippen LogP contribution is -2.26. The first-order chi connectivity index (χ1) is 21.6. The molecule has 2 aliphatic carbocycles. The fraction of sp³-hybridized carbons (Fsp3) is 0.361. The van der Waals surface area contributed by atoms with Crippen LogP contribution in [0.3, 0.4) is 0 Å². The molecule has 0 aliphatic heterocycles. The van der Waals surface area contributed by atoms with Gasteiger partial charge >= 0.3 is 5.97 Å². The van der Waals surface area contributed by atoms with Crippen molar-refractivity contribution in [3.8, 4) is 16.9 Å². The van der Waals surface area contributed by atoms with Crippen molar-refractivity contribution in [2.24, 2.45) is 5.92 Å². The van der Waals surface area contributed by atoms with Crippen LogP contribution in [0.5, 0.6) is 5.75 Å². The summed E-state index contributed by atoms with van der Waals surface area (Å²) in [6, 6.07) is 7.99. The van der Waals surface area contributed by atoms with E-state index in [0.717, 1.165) is 12.5 Å². The highest BCUT2D eigenvalue weighted by Gasteiger charge is 2.29. The number of ether oxygens (including phenoxy) is 2. The van der Waals surface area contributed by atoms with Crippen molar-refractivity contribution in [1.82, 2.24) is 0 Å². The Morgan fingerprint density at radius 1 is 0.711 bits per heavy atom. The molecular formula is C36H34F6O3. The van der Waals surface area contributed by atoms with Crippen LogP contribution in [0.25, 0.3) is 22.3 Å². The highest BCUT2D eigenvalue weighted by molar-refractivity contribution is 5.77. The standard InChI is InChI=1S/C36H34F6O3/c1-3-4-19-44-29-18-17-28(34(41)35(29)42)27-16-15-26(32(39)33(27)40)21-6-8-23(9-7-21)36(43)45-24-12-10-22(11-13-24)25-14-5-20(2)30(37)31(25)38/h5-6,10,14-18,23-24H,3-4,7-9,11-13,19H2,1-2H3. The van der Waals surface area contributed by atoms with Crippen molar-refractivity contribution in [2.45, 2.75) is 71.3 Å². The first-order valence-electron chi connectivity index (χ1n) is 15.2. The van der Waals surface area contributed by atoms with E-state index < -0.39 is 64.0 Å². The molecule has 2 atom stereocenters. The number of halogens is 6. The second-order valence-corrected chi connectivity index (χ2v) is 11.6. The van der Waals surface area contributed by atoms with Crippen LogP contribution in [0, 0.1) is 47.7 Å². The Hall–Kier alpha value is -4.01. The van der Waals surface area contributed by atoms with Gasteiger partial charge in [0, 0.05) is 28.7 Å². The summed E-state index contributed by atoms with van der Waals surface area (Å²) in [5.41, 5.74) is 0.789. The molecule has 0 bridgehead atoms. The van der Waals surface area contributed by atoms with Crippen molar-refractivity contribution < 1.29 is 40.6 Å². The van der Waals surface area contributed by atoms with Gasteiger partial charge in [0.25, 0.3) is 0 Å². The fourth-order valence-corrected chi connectivity index (χ4v) is 5.79. The van der Waals surface area contributed by atoms with E-state index in [4.69, 9.17) is 9.47 Å². The summed E-state index contributed by atoms with van der Waals surface area (Å²) in [5.74, 6) is -7.98. The largest absolute Gasteiger partial charge is 0.490 e. The van der Waals surface area contributed by atoms with Gasteiger partial charge in [0.1, 0.15) is 6.10 Å². The zero-order valence-corrected chi connectivity index (χ0v) is 25.1. The maximum absolute atomic E-state index is 15.2. The Bertz CT molecular complexity index is 1660. The maximum atomic E-state index is 15.2. The van der Waals surface area contributed by atoms with Gasteiger partial charge in [-0.2, -0.15) is 4.39 Å². The molecule has 238 valence electrons. The van der Waals surface area contributed by atoms with Crippen LogP contribution in [0.4, 0.5) is 26.3 Å². The number of benzene rings is 3. The third-order valence-electron chi connectivity index (χ3n) is 8.53. The van der Waals surface area contributed by atoms with Gasteiger partial charge in [0.2, 0.25) is 5.82 Å². The number of unbranched alkanes of at least 4 members (excludes halogenated alkanes) is 1. The van der Waals surface area contributed by atoms with E-state index in [2.05, 4.69) is 0 Å². The second kappa shape index (κ2) is 14.0. The Kier molecular flexibility index (Phi) is 10.0. The monoisotopic (exact) mass is 628 g/mol. The zero-order valence-electron chi connectivity index (χ0n) is 25.1. The fourth-order valence-electron chi connectivity index (χ4n) is 5.79. The van der Waals surface area contributed by atoms with Gasteiger partial charge in [-0.25, -0.2) is 22.0 Å². The predicted molar refractivity (Wildman–Crippen MR) is 160 cm³/mol. The highest BCUT2D eigenvalue weighted by Crippen LogP contribution is 2.38. The average Bonchev–Trinajstić information content (AvgIpc) is 3.04. The molecule has 45 heavy (non-hydrogen) atoms. The Morgan fingerprint density at radius 2 is 1.27 bits per heavy atom. The first kappa shape index (κ1) is 32.4. The van der Waals surface area contributed by atoms with Gasteiger partial charge in [-0.3, -0.25) is 4.79 Å². The minimum absolute atomic E-state index is 0.00631. The van der Waals surface area contributed by atoms with Crippen molar-refractivity contribution in [1.29, 1.82) is 0 Å². The van der Waals surface area contributed by atoms with E-state index in [1.54, 1.807) is 18.2 Å². The van der Waals surface area contributed by atoms with Gasteiger partial charge in [-0.1, -0.05) is 49.8 Å². The number of esters is 1. The molecule has 3 aromatic rings. The van der Waals surface area contributed by atoms with Crippen LogP contribution in [0.1, 0.15) is 75.0 Å². The summed E-state index contributed by atoms with van der Waals surface area (Å²) >= 11 is 0. The van der Waals surface area contributed by atoms with Gasteiger partial charge < -0.3 is 9.47 Å². The number of rotatable bonds is 9. The van der Waals surface area contributed by atoms with Gasteiger partial charge in [-0.05, 0) is 74.3 Å². The van der Waals surface area contributed by atoms with Crippen LogP contribution in [0.2, 0.25) is 0 Å². The topological polar surface area (TPSA) is 35.5 Å². The number of carbonyl (C=O) groups excluding carboxylic acids is 1. The normalized spacial score (nSPS) is 18.3. The number of hydrogen-bond acceptors (Lipinski definition) is 3. The van der Waals surface area contributed by atoms with Crippen LogP contribution >= 0.6 is 0 Å². The van der Waals surface area contributed by atoms with E-state index in [0.29, 0.717) is 43.3 Å². The lowest BCUT2D eigenvalue weighted by Gasteiger charge is -2.26. The Balaban J connectivity index is 1.22. The van der Waals surface area contributed by atoms with Crippen molar-refractivity contribution in [2.75, 3.05) is 6.61 Å². The molecule has 0 spiro atoms. The predicted octanol–water partition coefficient (Wildman–Crippen LogP) is 10.0. The van der Waals surface area contributed by atoms with Gasteiger partial charge in [0.05, 0.1) is 12.5 Å². The van der Waals surface area contributed by atoms with Crippen LogP contribution in [-0.2, 0) is 9.53 Å². The lowest BCUT2D eigenvalue weighted by molar-refractivity contribution is -0.154. The number of hydrogen-bond donors (Lipinski definition) is 0. The van der Waals surface area contributed by atoms with Crippen LogP contribution in [-0.4, -0.2) is 18.7 Å². The lowest BCUT2D eigenvalue weighted by atomic mass is 9.85. The molecule has 3 aromatic carbocycles. The SMILES string of the molecule is CCCCOc1ccc(-c2ccc(C3=CCC(C(=O)OC4CC=C(c5ccc(C)c(F)c5F)CC4)CC3)c(F)c2F)c(F)c1F. The molecule has 0 saturated carbocycles. The quantitative estimate of drug-likeness (QED) is 0.134. The minimum Gasteiger partial charge on any atom is -0.490 e. The van der Waals surface area contributed by atoms with Gasteiger partial charge in [0.15, 0.2) is 34.8 Å². The number of aryl methyl sites for hydroxylation is 1. The first-order valence-corrected chi connectivity index (χ1v) is 15.2. The van der Waals surface area contributed by atoms with E-state index >= 15 is 8.78 Å².